The van der Waals surface area contributed by atoms with Gasteiger partial charge in [0.1, 0.15) is 5.69 Å². The van der Waals surface area contributed by atoms with Gasteiger partial charge in [-0.05, 0) is 36.6 Å². The molecule has 1 fully saturated rings. The molecule has 0 atom stereocenters. The molecular formula is C22H26N8O. The summed E-state index contributed by atoms with van der Waals surface area (Å²) in [5.41, 5.74) is 9.14. The Bertz CT molecular complexity index is 1130. The molecule has 4 aromatic rings. The van der Waals surface area contributed by atoms with Crippen LogP contribution in [0.4, 0.5) is 11.8 Å². The van der Waals surface area contributed by atoms with E-state index < -0.39 is 0 Å². The number of nitrogens with zero attached hydrogens (tertiary/aromatic N) is 5. The van der Waals surface area contributed by atoms with Crippen molar-refractivity contribution in [1.82, 2.24) is 24.5 Å². The number of anilines is 2. The molecule has 1 aliphatic carbocycles. The molecule has 0 aromatic carbocycles. The Kier molecular flexibility index (Phi) is 5.49. The normalized spacial score (nSPS) is 14.4. The van der Waals surface area contributed by atoms with Crippen LogP contribution in [0, 0.1) is 0 Å². The largest absolute Gasteiger partial charge is 0.463 e. The summed E-state index contributed by atoms with van der Waals surface area (Å²) in [4.78, 5) is 18.5. The Hall–Kier alpha value is -3.46. The number of aromatic nitrogens is 5. The Morgan fingerprint density at radius 3 is 2.74 bits per heavy atom. The highest BCUT2D eigenvalue weighted by atomic mass is 16.3. The van der Waals surface area contributed by atoms with Crippen LogP contribution in [-0.4, -0.2) is 37.6 Å². The van der Waals surface area contributed by atoms with Gasteiger partial charge in [0.05, 0.1) is 12.6 Å². The molecule has 0 unspecified atom stereocenters. The lowest BCUT2D eigenvalue weighted by molar-refractivity contribution is 0.529. The monoisotopic (exact) mass is 418 g/mol. The number of nitrogens with two attached hydrogens (primary N) is 1. The molecular weight excluding hydrogens is 392 g/mol. The molecule has 5 rings (SSSR count). The minimum absolute atomic E-state index is 0.452. The summed E-state index contributed by atoms with van der Waals surface area (Å²) >= 11 is 0. The molecule has 4 heterocycles. The van der Waals surface area contributed by atoms with Crippen molar-refractivity contribution in [1.29, 1.82) is 0 Å². The molecule has 0 bridgehead atoms. The van der Waals surface area contributed by atoms with Gasteiger partial charge < -0.3 is 25.4 Å². The van der Waals surface area contributed by atoms with E-state index >= 15 is 0 Å². The van der Waals surface area contributed by atoms with E-state index in [2.05, 4.69) is 30.2 Å². The van der Waals surface area contributed by atoms with Crippen LogP contribution < -0.4 is 16.4 Å². The highest BCUT2D eigenvalue weighted by Gasteiger charge is 2.21. The quantitative estimate of drug-likeness (QED) is 0.397. The lowest BCUT2D eigenvalue weighted by Crippen LogP contribution is -2.16. The van der Waals surface area contributed by atoms with Crippen molar-refractivity contribution in [2.75, 3.05) is 23.7 Å². The SMILES string of the molecule is NCCNc1nc(NCc2ccc(-c3ccco3)nc2)c2ncn(C3CCCC3)c2n1. The number of nitrogens with one attached hydrogen (secondary N) is 2. The minimum atomic E-state index is 0.452. The van der Waals surface area contributed by atoms with Gasteiger partial charge in [-0.3, -0.25) is 4.98 Å². The molecule has 0 aliphatic heterocycles. The lowest BCUT2D eigenvalue weighted by Gasteiger charge is -2.13. The third-order valence-electron chi connectivity index (χ3n) is 5.63. The first-order chi connectivity index (χ1) is 15.3. The first kappa shape index (κ1) is 19.5. The van der Waals surface area contributed by atoms with Gasteiger partial charge in [0.2, 0.25) is 5.95 Å². The molecule has 1 aliphatic rings. The van der Waals surface area contributed by atoms with E-state index in [1.165, 1.54) is 12.8 Å². The van der Waals surface area contributed by atoms with E-state index in [0.717, 1.165) is 41.0 Å². The second-order valence-electron chi connectivity index (χ2n) is 7.76. The Labute approximate surface area is 180 Å². The fourth-order valence-electron chi connectivity index (χ4n) is 4.04. The van der Waals surface area contributed by atoms with Crippen molar-refractivity contribution in [3.8, 4) is 11.5 Å². The molecule has 4 aromatic heterocycles. The highest BCUT2D eigenvalue weighted by Crippen LogP contribution is 2.33. The molecule has 9 heteroatoms. The van der Waals surface area contributed by atoms with Crippen LogP contribution in [0.15, 0.2) is 47.5 Å². The van der Waals surface area contributed by atoms with Gasteiger partial charge in [0, 0.05) is 31.9 Å². The van der Waals surface area contributed by atoms with Crippen molar-refractivity contribution >= 4 is 22.9 Å². The Balaban J connectivity index is 1.40. The first-order valence-corrected chi connectivity index (χ1v) is 10.7. The van der Waals surface area contributed by atoms with E-state index in [4.69, 9.17) is 15.1 Å². The lowest BCUT2D eigenvalue weighted by atomic mass is 10.2. The predicted molar refractivity (Wildman–Crippen MR) is 120 cm³/mol. The van der Waals surface area contributed by atoms with E-state index in [1.807, 2.05) is 36.8 Å². The average Bonchev–Trinajstić information content (AvgIpc) is 3.57. The molecule has 0 radical (unpaired) electrons. The van der Waals surface area contributed by atoms with Gasteiger partial charge in [-0.25, -0.2) is 4.98 Å². The molecule has 4 N–H and O–H groups in total. The molecule has 31 heavy (non-hydrogen) atoms. The maximum absolute atomic E-state index is 5.65. The van der Waals surface area contributed by atoms with Gasteiger partial charge >= 0.3 is 0 Å². The number of hydrogen-bond donors (Lipinski definition) is 3. The second kappa shape index (κ2) is 8.73. The van der Waals surface area contributed by atoms with E-state index in [1.54, 1.807) is 6.26 Å². The summed E-state index contributed by atoms with van der Waals surface area (Å²) in [5, 5.41) is 6.62. The zero-order valence-corrected chi connectivity index (χ0v) is 17.3. The maximum atomic E-state index is 5.65. The van der Waals surface area contributed by atoms with Crippen molar-refractivity contribution in [2.45, 2.75) is 38.3 Å². The minimum Gasteiger partial charge on any atom is -0.463 e. The smallest absolute Gasteiger partial charge is 0.226 e. The van der Waals surface area contributed by atoms with Crippen LogP contribution in [0.2, 0.25) is 0 Å². The second-order valence-corrected chi connectivity index (χ2v) is 7.76. The van der Waals surface area contributed by atoms with Gasteiger partial charge in [-0.15, -0.1) is 0 Å². The summed E-state index contributed by atoms with van der Waals surface area (Å²) in [5.74, 6) is 2.02. The summed E-state index contributed by atoms with van der Waals surface area (Å²) in [6.07, 6.45) is 10.2. The zero-order valence-electron chi connectivity index (χ0n) is 17.3. The molecule has 0 saturated heterocycles. The van der Waals surface area contributed by atoms with Crippen molar-refractivity contribution in [3.63, 3.8) is 0 Å². The van der Waals surface area contributed by atoms with Crippen molar-refractivity contribution in [2.24, 2.45) is 5.73 Å². The highest BCUT2D eigenvalue weighted by molar-refractivity contribution is 5.84. The number of rotatable bonds is 8. The van der Waals surface area contributed by atoms with Crippen LogP contribution in [-0.2, 0) is 6.54 Å². The number of imidazole rings is 1. The standard InChI is InChI=1S/C22H26N8O/c23-9-10-24-22-28-20(19-21(29-22)30(14-27-19)16-4-1-2-5-16)26-13-15-7-8-17(25-12-15)18-6-3-11-31-18/h3,6-8,11-12,14,16H,1-2,4-5,9-10,13,23H2,(H2,24,26,28,29). The van der Waals surface area contributed by atoms with E-state index in [-0.39, 0.29) is 0 Å². The zero-order chi connectivity index (χ0) is 21.0. The summed E-state index contributed by atoms with van der Waals surface area (Å²) in [7, 11) is 0. The summed E-state index contributed by atoms with van der Waals surface area (Å²) in [6, 6.07) is 8.19. The third-order valence-corrected chi connectivity index (χ3v) is 5.63. The predicted octanol–water partition coefficient (Wildman–Crippen LogP) is 3.58. The van der Waals surface area contributed by atoms with Crippen LogP contribution >= 0.6 is 0 Å². The van der Waals surface area contributed by atoms with Gasteiger partial charge in [-0.2, -0.15) is 9.97 Å². The van der Waals surface area contributed by atoms with Crippen LogP contribution in [0.5, 0.6) is 0 Å². The van der Waals surface area contributed by atoms with Crippen LogP contribution in [0.25, 0.3) is 22.6 Å². The first-order valence-electron chi connectivity index (χ1n) is 10.7. The fourth-order valence-corrected chi connectivity index (χ4v) is 4.04. The molecule has 160 valence electrons. The maximum Gasteiger partial charge on any atom is 0.226 e. The summed E-state index contributed by atoms with van der Waals surface area (Å²) in [6.45, 7) is 1.70. The van der Waals surface area contributed by atoms with Crippen LogP contribution in [0.3, 0.4) is 0 Å². The number of furan rings is 1. The van der Waals surface area contributed by atoms with Gasteiger partial charge in [-0.1, -0.05) is 18.9 Å². The molecule has 9 nitrogen and oxygen atoms in total. The van der Waals surface area contributed by atoms with Gasteiger partial charge in [0.25, 0.3) is 0 Å². The third kappa shape index (κ3) is 4.09. The van der Waals surface area contributed by atoms with Crippen molar-refractivity contribution < 1.29 is 4.42 Å². The van der Waals surface area contributed by atoms with E-state index in [0.29, 0.717) is 37.4 Å². The number of hydrogen-bond acceptors (Lipinski definition) is 8. The average molecular weight is 419 g/mol. The molecule has 1 saturated carbocycles. The van der Waals surface area contributed by atoms with E-state index in [9.17, 15) is 0 Å². The molecule has 0 amide bonds. The molecule has 0 spiro atoms. The summed E-state index contributed by atoms with van der Waals surface area (Å²) < 4.78 is 7.60. The van der Waals surface area contributed by atoms with Gasteiger partial charge in [0.15, 0.2) is 22.7 Å². The van der Waals surface area contributed by atoms with Crippen LogP contribution in [0.1, 0.15) is 37.3 Å². The Morgan fingerprint density at radius 1 is 1.10 bits per heavy atom. The van der Waals surface area contributed by atoms with Crippen molar-refractivity contribution in [3.05, 3.63) is 48.6 Å². The number of pyridine rings is 1. The topological polar surface area (TPSA) is 120 Å². The Morgan fingerprint density at radius 2 is 2.00 bits per heavy atom. The number of fused-ring (bicyclic) bond motifs is 1. The fraction of sp³-hybridized carbons (Fsp3) is 0.364.